The number of carbonyl (C=O) groups excluding carboxylic acids is 6. The van der Waals surface area contributed by atoms with E-state index in [0.29, 0.717) is 208 Å². The molecule has 2 amide bonds. The van der Waals surface area contributed by atoms with E-state index < -0.39 is 90.2 Å². The van der Waals surface area contributed by atoms with Gasteiger partial charge >= 0.3 is 11.9 Å². The first kappa shape index (κ1) is 96.7. The topological polar surface area (TPSA) is 405 Å². The molecule has 5 aliphatic heterocycles. The lowest BCUT2D eigenvalue weighted by Gasteiger charge is -2.43. The zero-order valence-corrected chi connectivity index (χ0v) is 75.6. The van der Waals surface area contributed by atoms with Gasteiger partial charge in [0.25, 0.3) is 17.7 Å². The first-order valence-corrected chi connectivity index (χ1v) is 45.1. The van der Waals surface area contributed by atoms with Gasteiger partial charge in [0.15, 0.2) is 17.0 Å². The summed E-state index contributed by atoms with van der Waals surface area (Å²) >= 11 is 0. The largest absolute Gasteiger partial charge is 0.460 e. The Balaban J connectivity index is 0.548. The maximum Gasteiger partial charge on any atom is 0.329 e. The number of methoxy groups -OCH3 is 4. The fraction of sp³-hybridized carbons (Fsp3) is 0.617. The highest BCUT2D eigenvalue weighted by Crippen LogP contribution is 2.41. The Kier molecular flexibility index (Phi) is 35.2. The Labute approximate surface area is 743 Å². The van der Waals surface area contributed by atoms with E-state index in [9.17, 15) is 39.0 Å². The van der Waals surface area contributed by atoms with Gasteiger partial charge in [0.2, 0.25) is 17.6 Å². The predicted octanol–water partition coefficient (Wildman–Crippen LogP) is 9.84. The van der Waals surface area contributed by atoms with Crippen LogP contribution in [0.2, 0.25) is 0 Å². The Morgan fingerprint density at radius 2 is 1.46 bits per heavy atom. The van der Waals surface area contributed by atoms with Crippen LogP contribution in [-0.2, 0) is 107 Å². The van der Waals surface area contributed by atoms with Crippen LogP contribution >= 0.6 is 0 Å². The molecule has 33 nitrogen and oxygen atoms in total. The minimum atomic E-state index is -2.46. The van der Waals surface area contributed by atoms with Gasteiger partial charge in [-0.05, 0) is 160 Å². The zero-order valence-electron chi connectivity index (χ0n) is 75.6. The molecule has 33 heteroatoms. The number of aliphatic hydroxyl groups is 2. The molecule has 6 aromatic rings. The van der Waals surface area contributed by atoms with Crippen LogP contribution in [0.3, 0.4) is 0 Å². The standard InChI is InChI=1S/C94H131N13O20/c1-58-17-13-12-14-18-59(2)76(116-8)51-71-26-20-64(7)94(115,127-71)87(112)90(113)106-32-16-15-19-73(106)91(114)125-78(52-77(117-9)60(3)46-63(6)85(111)86(119-11)84(110)62(5)45-58)61(4)47-65-22-27-75(79(49-65)118-10)124-81(109)29-23-67-53-97-93(98-54-67)103-34-36-105(37-35-103)123-44-43-122-42-41-121-40-39-120-38-31-80(108)104-33-30-68-48-66(21-24-70(68)56-104)55-107-89-82(88(95)99-57-100-89)83(102-107)69-25-28-74-72(50-69)101-92(96)126-74/h12-14,17-18,21,24-25,28,46,48,50,53-54,57-58,60-62,64-65,71,73,75-79,85-86,111,115H,15-16,19-20,22-23,26-27,29-45,47,49,51-52,55-56H2,1-11H3,(H2,96,101)(H2,95,99,100)/b14-12+,17-13+,59-18+,63-46+/t58-,60-,61-,62-,64-,65+,71+,73+,75-,76+,77?,78+,79-,85-,86+,94-/m1/s1. The highest BCUT2D eigenvalue weighted by Gasteiger charge is 2.53. The van der Waals surface area contributed by atoms with Gasteiger partial charge in [-0.15, -0.1) is 0 Å². The molecule has 6 N–H and O–H groups in total. The van der Waals surface area contributed by atoms with Gasteiger partial charge in [-0.3, -0.25) is 28.8 Å². The van der Waals surface area contributed by atoms with Gasteiger partial charge in [0.05, 0.1) is 89.0 Å². The normalized spacial score (nSPS) is 28.5. The molecule has 1 aliphatic carbocycles. The summed E-state index contributed by atoms with van der Waals surface area (Å²) in [6.07, 6.45) is 17.7. The van der Waals surface area contributed by atoms with Crippen LogP contribution in [0.15, 0.2) is 107 Å². The minimum absolute atomic E-state index is 0.00846. The predicted molar refractivity (Wildman–Crippen MR) is 474 cm³/mol. The number of nitrogens with two attached hydrogens (primary N) is 2. The quantitative estimate of drug-likeness (QED) is 0.0153. The van der Waals surface area contributed by atoms with E-state index in [1.165, 1.54) is 23.9 Å². The fourth-order valence-electron chi connectivity index (χ4n) is 18.4. The van der Waals surface area contributed by atoms with E-state index in [2.05, 4.69) is 48.0 Å². The molecule has 2 bridgehead atoms. The molecule has 12 rings (SSSR count). The fourth-order valence-corrected chi connectivity index (χ4v) is 18.4. The number of allylic oxidation sites excluding steroid dienone is 5. The molecule has 127 heavy (non-hydrogen) atoms. The molecular weight excluding hydrogens is 1630 g/mol. The Morgan fingerprint density at radius 1 is 0.717 bits per heavy atom. The Hall–Kier alpha value is -9.36. The number of oxazole rings is 1. The average molecular weight is 1760 g/mol. The van der Waals surface area contributed by atoms with Crippen molar-refractivity contribution in [3.63, 3.8) is 0 Å². The summed E-state index contributed by atoms with van der Waals surface area (Å²) in [5, 5.41) is 31.6. The second kappa shape index (κ2) is 46.3. The molecule has 6 aliphatic rings. The minimum Gasteiger partial charge on any atom is -0.460 e. The number of aliphatic hydroxyl groups excluding tert-OH is 1. The van der Waals surface area contributed by atoms with E-state index in [1.807, 2.05) is 97.9 Å². The highest BCUT2D eigenvalue weighted by molar-refractivity contribution is 6.39. The van der Waals surface area contributed by atoms with Crippen molar-refractivity contribution >= 4 is 75.2 Å². The number of piperidine rings is 1. The average Bonchev–Trinajstić information content (AvgIpc) is 1.64. The van der Waals surface area contributed by atoms with Gasteiger partial charge < -0.3 is 88.2 Å². The summed E-state index contributed by atoms with van der Waals surface area (Å²) in [6, 6.07) is 10.8. The molecule has 3 saturated heterocycles. The van der Waals surface area contributed by atoms with E-state index in [-0.39, 0.29) is 79.6 Å². The molecular formula is C94H131N13O20. The zero-order chi connectivity index (χ0) is 90.4. The number of nitrogen functional groups attached to an aromatic ring is 2. The number of aryl methyl sites for hydroxylation is 1. The molecule has 0 radical (unpaired) electrons. The molecule has 2 aromatic carbocycles. The molecule has 0 spiro atoms. The maximum atomic E-state index is 15.0. The number of amides is 2. The van der Waals surface area contributed by atoms with Gasteiger partial charge in [-0.25, -0.2) is 29.4 Å². The van der Waals surface area contributed by atoms with Crippen molar-refractivity contribution in [2.24, 2.45) is 35.5 Å². The van der Waals surface area contributed by atoms with E-state index in [0.717, 1.165) is 34.2 Å². The van der Waals surface area contributed by atoms with Gasteiger partial charge in [-0.2, -0.15) is 15.1 Å². The third-order valence-corrected chi connectivity index (χ3v) is 25.9. The van der Waals surface area contributed by atoms with Crippen molar-refractivity contribution in [2.45, 2.75) is 225 Å². The van der Waals surface area contributed by atoms with E-state index in [4.69, 9.17) is 73.2 Å². The summed E-state index contributed by atoms with van der Waals surface area (Å²) in [5.41, 5.74) is 20.9. The summed E-state index contributed by atoms with van der Waals surface area (Å²) < 4.78 is 67.5. The number of piperazine rings is 1. The number of hydrogen-bond acceptors (Lipinski definition) is 30. The van der Waals surface area contributed by atoms with Gasteiger partial charge in [-0.1, -0.05) is 89.3 Å². The first-order valence-electron chi connectivity index (χ1n) is 45.1. The van der Waals surface area contributed by atoms with Crippen LogP contribution in [0.1, 0.15) is 161 Å². The SMILES string of the molecule is COC1C[C@@H]([C@H](C)C[C@@H]2CC[C@@H](OC(=O)CCc3cnc(N4CCN(OCCOCCOCCOCCC(=O)N5CCc6cc(Cn7nc(-c8ccc9oc(N)nc9c8)c8c(N)ncnc87)ccc6C5)CC4)nc3)[C@H](OC)C2)OC(=O)[C@@H]2CCCCN2C(=O)C(=O)[C@]2(O)O[C@@H](CC[C@H]2C)C[C@H](OC)/C(C)=C/C=C/C=C/[C@@H](C)C[C@@H](C)C(=O)[C@H](OC)[C@H](O)/C(C)=C/[C@H]1C. The number of esters is 2. The third kappa shape index (κ3) is 25.4. The number of ketones is 2. The van der Waals surface area contributed by atoms with Crippen molar-refractivity contribution in [3.8, 4) is 11.3 Å². The molecule has 1 unspecified atom stereocenters. The highest BCUT2D eigenvalue weighted by atomic mass is 16.7. The number of ether oxygens (including phenoxy) is 10. The second-order valence-corrected chi connectivity index (χ2v) is 35.1. The van der Waals surface area contributed by atoms with Crippen LogP contribution in [-0.4, -0.2) is 270 Å². The molecule has 4 aromatic heterocycles. The summed E-state index contributed by atoms with van der Waals surface area (Å²) in [5.74, 6) is -6.74. The molecule has 1 saturated carbocycles. The summed E-state index contributed by atoms with van der Waals surface area (Å²) in [4.78, 5) is 119. The van der Waals surface area contributed by atoms with Crippen molar-refractivity contribution in [1.29, 1.82) is 0 Å². The lowest BCUT2D eigenvalue weighted by molar-refractivity contribution is -0.265. The Bertz CT molecular complexity index is 4800. The number of hydroxylamine groups is 2. The number of fused-ring (bicyclic) bond motifs is 6. The number of benzene rings is 2. The van der Waals surface area contributed by atoms with Crippen LogP contribution in [0.25, 0.3) is 33.4 Å². The number of anilines is 3. The van der Waals surface area contributed by atoms with Crippen LogP contribution < -0.4 is 16.4 Å². The molecule has 692 valence electrons. The Morgan fingerprint density at radius 3 is 2.20 bits per heavy atom. The monoisotopic (exact) mass is 1760 g/mol. The number of carbonyl (C=O) groups is 6. The molecule has 16 atom stereocenters. The number of nitrogens with zero attached hydrogens (tertiary/aromatic N) is 11. The number of rotatable bonds is 28. The maximum absolute atomic E-state index is 15.0. The van der Waals surface area contributed by atoms with Crippen LogP contribution in [0.5, 0.6) is 0 Å². The number of aromatic nitrogens is 7. The lowest BCUT2D eigenvalue weighted by atomic mass is 9.78. The molecule has 9 heterocycles. The van der Waals surface area contributed by atoms with E-state index in [1.54, 1.807) is 53.6 Å². The smallest absolute Gasteiger partial charge is 0.329 e. The van der Waals surface area contributed by atoms with E-state index >= 15 is 0 Å². The third-order valence-electron chi connectivity index (χ3n) is 25.9. The second-order valence-electron chi connectivity index (χ2n) is 35.1. The molecule has 4 fully saturated rings. The summed E-state index contributed by atoms with van der Waals surface area (Å²) in [7, 11) is 6.19. The van der Waals surface area contributed by atoms with Crippen molar-refractivity contribution in [2.75, 3.05) is 130 Å². The van der Waals surface area contributed by atoms with Crippen molar-refractivity contribution < 1.29 is 95.6 Å². The van der Waals surface area contributed by atoms with Crippen molar-refractivity contribution in [3.05, 3.63) is 125 Å². The van der Waals surface area contributed by atoms with Crippen LogP contribution in [0.4, 0.5) is 17.8 Å². The number of Topliss-reactive ketones (excluding diaryl/α,β-unsaturated/α-hetero) is 2. The van der Waals surface area contributed by atoms with Gasteiger partial charge in [0, 0.05) is 129 Å². The lowest BCUT2D eigenvalue weighted by Crippen LogP contribution is -2.61. The first-order chi connectivity index (χ1) is 61.2. The number of hydrogen-bond donors (Lipinski definition) is 4. The summed E-state index contributed by atoms with van der Waals surface area (Å²) in [6.45, 7) is 20.0. The number of cyclic esters (lactones) is 1. The van der Waals surface area contributed by atoms with Crippen molar-refractivity contribution in [1.82, 2.24) is 49.6 Å². The van der Waals surface area contributed by atoms with Crippen LogP contribution in [0, 0.1) is 35.5 Å². The van der Waals surface area contributed by atoms with Gasteiger partial charge in [0.1, 0.15) is 53.8 Å².